The van der Waals surface area contributed by atoms with E-state index in [1.807, 2.05) is 0 Å². The third-order valence-electron chi connectivity index (χ3n) is 4.86. The van der Waals surface area contributed by atoms with Gasteiger partial charge in [0.05, 0.1) is 5.69 Å². The summed E-state index contributed by atoms with van der Waals surface area (Å²) in [6.07, 6.45) is 7.61. The van der Waals surface area contributed by atoms with E-state index in [1.165, 1.54) is 42.9 Å². The van der Waals surface area contributed by atoms with Crippen LogP contribution in [0.25, 0.3) is 0 Å². The lowest BCUT2D eigenvalue weighted by molar-refractivity contribution is 0.179. The molecule has 19 heavy (non-hydrogen) atoms. The monoisotopic (exact) mass is 261 g/mol. The number of hydrogen-bond donors (Lipinski definition) is 1. The number of aromatic nitrogens is 2. The molecule has 1 atom stereocenters. The van der Waals surface area contributed by atoms with E-state index in [-0.39, 0.29) is 0 Å². The highest BCUT2D eigenvalue weighted by Gasteiger charge is 2.32. The van der Waals surface area contributed by atoms with Crippen molar-refractivity contribution in [3.8, 4) is 0 Å². The van der Waals surface area contributed by atoms with Gasteiger partial charge in [0, 0.05) is 37.7 Å². The summed E-state index contributed by atoms with van der Waals surface area (Å²) in [6, 6.07) is 0.688. The van der Waals surface area contributed by atoms with E-state index < -0.39 is 0 Å². The Bertz CT molecular complexity index is 459. The summed E-state index contributed by atoms with van der Waals surface area (Å²) in [5.74, 6) is 1.32. The number of aryl methyl sites for hydroxylation is 1. The molecule has 2 aliphatic rings. The zero-order chi connectivity index (χ0) is 13.5. The molecule has 0 aromatic carbocycles. The third kappa shape index (κ3) is 2.45. The van der Waals surface area contributed by atoms with Crippen molar-refractivity contribution in [3.63, 3.8) is 0 Å². The first-order valence-electron chi connectivity index (χ1n) is 7.90. The van der Waals surface area contributed by atoms with Gasteiger partial charge in [-0.2, -0.15) is 0 Å². The van der Waals surface area contributed by atoms with Gasteiger partial charge in [0.2, 0.25) is 0 Å². The molecule has 3 rings (SSSR count). The van der Waals surface area contributed by atoms with Crippen LogP contribution >= 0.6 is 0 Å². The molecule has 3 nitrogen and oxygen atoms in total. The van der Waals surface area contributed by atoms with Gasteiger partial charge in [-0.1, -0.05) is 27.2 Å². The second kappa shape index (κ2) is 4.93. The minimum atomic E-state index is 0.498. The number of hydrogen-bond acceptors (Lipinski definition) is 2. The van der Waals surface area contributed by atoms with E-state index in [0.717, 1.165) is 25.9 Å². The number of fused-ring (bicyclic) bond motifs is 1. The predicted molar refractivity (Wildman–Crippen MR) is 78.3 cm³/mol. The molecule has 0 spiro atoms. The Labute approximate surface area is 116 Å². The topological polar surface area (TPSA) is 29.9 Å². The first kappa shape index (κ1) is 13.2. The summed E-state index contributed by atoms with van der Waals surface area (Å²) < 4.78 is 2.62. The first-order valence-corrected chi connectivity index (χ1v) is 7.90. The van der Waals surface area contributed by atoms with Gasteiger partial charge in [0.1, 0.15) is 5.82 Å². The molecular formula is C16H27N3. The van der Waals surface area contributed by atoms with Gasteiger partial charge in [-0.15, -0.1) is 0 Å². The van der Waals surface area contributed by atoms with E-state index in [1.54, 1.807) is 0 Å². The van der Waals surface area contributed by atoms with E-state index in [2.05, 4.69) is 30.7 Å². The predicted octanol–water partition coefficient (Wildman–Crippen LogP) is 3.23. The van der Waals surface area contributed by atoms with Crippen molar-refractivity contribution in [1.29, 1.82) is 0 Å². The molecule has 1 N–H and O–H groups in total. The van der Waals surface area contributed by atoms with Crippen LogP contribution in [0.15, 0.2) is 0 Å². The maximum atomic E-state index is 4.89. The van der Waals surface area contributed by atoms with Gasteiger partial charge in [-0.3, -0.25) is 0 Å². The van der Waals surface area contributed by atoms with Gasteiger partial charge in [0.25, 0.3) is 0 Å². The van der Waals surface area contributed by atoms with Crippen molar-refractivity contribution in [2.24, 2.45) is 5.41 Å². The SMILES string of the molecule is CCc1nc2c(n1C1CCCC(C)(C)C1)CCNC2. The summed E-state index contributed by atoms with van der Waals surface area (Å²) in [5.41, 5.74) is 3.34. The molecule has 1 aliphatic heterocycles. The maximum Gasteiger partial charge on any atom is 0.109 e. The molecule has 2 heterocycles. The molecule has 0 bridgehead atoms. The Hall–Kier alpha value is -0.830. The van der Waals surface area contributed by atoms with Crippen molar-refractivity contribution in [2.75, 3.05) is 6.54 Å². The molecule has 0 radical (unpaired) electrons. The van der Waals surface area contributed by atoms with Crippen molar-refractivity contribution >= 4 is 0 Å². The van der Waals surface area contributed by atoms with Gasteiger partial charge in [0.15, 0.2) is 0 Å². The Morgan fingerprint density at radius 1 is 1.42 bits per heavy atom. The van der Waals surface area contributed by atoms with E-state index >= 15 is 0 Å². The fourth-order valence-electron chi connectivity index (χ4n) is 3.95. The Morgan fingerprint density at radius 3 is 3.00 bits per heavy atom. The molecule has 1 fully saturated rings. The molecule has 1 aromatic rings. The number of imidazole rings is 1. The lowest BCUT2D eigenvalue weighted by Gasteiger charge is -2.37. The van der Waals surface area contributed by atoms with Crippen LogP contribution in [0.2, 0.25) is 0 Å². The van der Waals surface area contributed by atoms with Crippen molar-refractivity contribution in [3.05, 3.63) is 17.2 Å². The Balaban J connectivity index is 1.96. The van der Waals surface area contributed by atoms with Crippen LogP contribution in [-0.2, 0) is 19.4 Å². The van der Waals surface area contributed by atoms with Gasteiger partial charge in [-0.25, -0.2) is 4.98 Å². The molecule has 0 amide bonds. The van der Waals surface area contributed by atoms with Crippen molar-refractivity contribution in [1.82, 2.24) is 14.9 Å². The number of rotatable bonds is 2. The second-order valence-corrected chi connectivity index (χ2v) is 6.99. The first-order chi connectivity index (χ1) is 9.11. The van der Waals surface area contributed by atoms with Crippen molar-refractivity contribution in [2.45, 2.75) is 71.9 Å². The number of nitrogens with zero attached hydrogens (tertiary/aromatic N) is 2. The zero-order valence-corrected chi connectivity index (χ0v) is 12.6. The average molecular weight is 261 g/mol. The Kier molecular flexibility index (Phi) is 3.42. The molecule has 3 heteroatoms. The standard InChI is InChI=1S/C16H27N3/c1-4-15-18-13-11-17-9-7-14(13)19(15)12-6-5-8-16(2,3)10-12/h12,17H,4-11H2,1-3H3. The summed E-state index contributed by atoms with van der Waals surface area (Å²) in [5, 5.41) is 3.45. The lowest BCUT2D eigenvalue weighted by atomic mass is 9.75. The summed E-state index contributed by atoms with van der Waals surface area (Å²) in [4.78, 5) is 4.89. The van der Waals surface area contributed by atoms with Crippen LogP contribution in [0, 0.1) is 5.41 Å². The van der Waals surface area contributed by atoms with Crippen LogP contribution < -0.4 is 5.32 Å². The Morgan fingerprint density at radius 2 is 2.26 bits per heavy atom. The quantitative estimate of drug-likeness (QED) is 0.886. The molecule has 1 unspecified atom stereocenters. The van der Waals surface area contributed by atoms with E-state index in [9.17, 15) is 0 Å². The minimum Gasteiger partial charge on any atom is -0.329 e. The van der Waals surface area contributed by atoms with E-state index in [4.69, 9.17) is 4.98 Å². The fraction of sp³-hybridized carbons (Fsp3) is 0.812. The van der Waals surface area contributed by atoms with Crippen molar-refractivity contribution < 1.29 is 0 Å². The lowest BCUT2D eigenvalue weighted by Crippen LogP contribution is -2.29. The zero-order valence-electron chi connectivity index (χ0n) is 12.6. The molecular weight excluding hydrogens is 234 g/mol. The highest BCUT2D eigenvalue weighted by atomic mass is 15.1. The molecule has 1 aliphatic carbocycles. The van der Waals surface area contributed by atoms with Crippen LogP contribution in [0.5, 0.6) is 0 Å². The normalized spacial score (nSPS) is 26.2. The highest BCUT2D eigenvalue weighted by molar-refractivity contribution is 5.21. The van der Waals surface area contributed by atoms with Gasteiger partial charge < -0.3 is 9.88 Å². The largest absolute Gasteiger partial charge is 0.329 e. The van der Waals surface area contributed by atoms with Crippen LogP contribution in [0.4, 0.5) is 0 Å². The highest BCUT2D eigenvalue weighted by Crippen LogP contribution is 2.42. The van der Waals surface area contributed by atoms with Crippen LogP contribution in [0.3, 0.4) is 0 Å². The smallest absolute Gasteiger partial charge is 0.109 e. The maximum absolute atomic E-state index is 4.89. The second-order valence-electron chi connectivity index (χ2n) is 6.99. The summed E-state index contributed by atoms with van der Waals surface area (Å²) in [6.45, 7) is 9.17. The number of nitrogens with one attached hydrogen (secondary N) is 1. The van der Waals surface area contributed by atoms with Gasteiger partial charge >= 0.3 is 0 Å². The molecule has 1 aromatic heterocycles. The molecule has 0 saturated heterocycles. The van der Waals surface area contributed by atoms with Gasteiger partial charge in [-0.05, 0) is 24.7 Å². The van der Waals surface area contributed by atoms with E-state index in [0.29, 0.717) is 11.5 Å². The molecule has 106 valence electrons. The van der Waals surface area contributed by atoms with Crippen LogP contribution in [-0.4, -0.2) is 16.1 Å². The minimum absolute atomic E-state index is 0.498. The molecule has 1 saturated carbocycles. The summed E-state index contributed by atoms with van der Waals surface area (Å²) in [7, 11) is 0. The summed E-state index contributed by atoms with van der Waals surface area (Å²) >= 11 is 0. The third-order valence-corrected chi connectivity index (χ3v) is 4.86. The van der Waals surface area contributed by atoms with Crippen LogP contribution in [0.1, 0.15) is 69.7 Å². The fourth-order valence-corrected chi connectivity index (χ4v) is 3.95. The average Bonchev–Trinajstić information content (AvgIpc) is 2.75.